The number of aliphatic hydroxyl groups is 6. The van der Waals surface area contributed by atoms with Gasteiger partial charge in [-0.1, -0.05) is 32.4 Å². The molecule has 2 saturated carbocycles. The molecule has 1 heterocycles. The molecule has 284 valence electrons. The van der Waals surface area contributed by atoms with Crippen LogP contribution in [0.5, 0.6) is 0 Å². The van der Waals surface area contributed by atoms with Crippen LogP contribution < -0.4 is 0 Å². The molecule has 0 aromatic carbocycles. The number of ether oxygens (including phenoxy) is 3. The second-order valence-corrected chi connectivity index (χ2v) is 17.2. The van der Waals surface area contributed by atoms with Gasteiger partial charge in [0.15, 0.2) is 11.5 Å². The molecule has 5 unspecified atom stereocenters. The third kappa shape index (κ3) is 5.87. The first-order valence-electron chi connectivity index (χ1n) is 17.6. The normalized spacial score (nSPS) is 43.3. The van der Waals surface area contributed by atoms with Gasteiger partial charge in [-0.05, 0) is 82.4 Å². The van der Waals surface area contributed by atoms with Crippen molar-refractivity contribution >= 4 is 23.3 Å². The molecule has 0 spiro atoms. The monoisotopic (exact) mass is 718 g/mol. The molecule has 3 fully saturated rings. The first-order valence-corrected chi connectivity index (χ1v) is 17.6. The van der Waals surface area contributed by atoms with Gasteiger partial charge in [-0.2, -0.15) is 0 Å². The van der Waals surface area contributed by atoms with Crippen LogP contribution in [0.2, 0.25) is 0 Å². The van der Waals surface area contributed by atoms with Gasteiger partial charge in [-0.15, -0.1) is 0 Å². The number of carbonyl (C=O) groups excluding carboxylic acids is 4. The number of rotatable bonds is 8. The fourth-order valence-electron chi connectivity index (χ4n) is 10.3. The van der Waals surface area contributed by atoms with Gasteiger partial charge in [-0.3, -0.25) is 19.2 Å². The minimum Gasteiger partial charge on any atom is -0.459 e. The summed E-state index contributed by atoms with van der Waals surface area (Å²) >= 11 is 0. The predicted molar refractivity (Wildman–Crippen MR) is 180 cm³/mol. The average molecular weight is 719 g/mol. The number of hydrogen-bond acceptors (Lipinski definition) is 13. The van der Waals surface area contributed by atoms with Crippen LogP contribution in [0.25, 0.3) is 0 Å². The zero-order chi connectivity index (χ0) is 38.4. The van der Waals surface area contributed by atoms with Crippen molar-refractivity contribution in [2.75, 3.05) is 6.61 Å². The van der Waals surface area contributed by atoms with E-state index < -0.39 is 112 Å². The SMILES string of the molecule is CC(=O)OC(C)(C)/C=C/C(=O)[C@](C)(O)C1[C@H](O)C[C@@]2(C)C3CC=C4C(C=C(O[C@@H]5OC(CO)[C@@H](O)C(O)[C@@H]5O)C(=O)C4(C)C)[C@]3(C)C(=O)C[C@]12C. The third-order valence-corrected chi connectivity index (χ3v) is 13.3. The predicted octanol–water partition coefficient (Wildman–Crippen LogP) is 1.45. The van der Waals surface area contributed by atoms with Crippen molar-refractivity contribution in [3.8, 4) is 0 Å². The topological polar surface area (TPSA) is 217 Å². The molecule has 0 amide bonds. The van der Waals surface area contributed by atoms with Crippen molar-refractivity contribution in [3.05, 3.63) is 35.6 Å². The molecule has 1 aliphatic heterocycles. The molecular weight excluding hydrogens is 664 g/mol. The minimum absolute atomic E-state index is 0.0841. The van der Waals surface area contributed by atoms with Crippen LogP contribution in [0.15, 0.2) is 35.6 Å². The summed E-state index contributed by atoms with van der Waals surface area (Å²) in [4.78, 5) is 53.9. The molecule has 13 heteroatoms. The lowest BCUT2D eigenvalue weighted by Crippen LogP contribution is -2.64. The van der Waals surface area contributed by atoms with Gasteiger partial charge in [-0.25, -0.2) is 0 Å². The Bertz CT molecular complexity index is 1570. The highest BCUT2D eigenvalue weighted by Gasteiger charge is 2.74. The molecule has 5 aliphatic rings. The van der Waals surface area contributed by atoms with Crippen LogP contribution in [-0.2, 0) is 33.4 Å². The van der Waals surface area contributed by atoms with E-state index >= 15 is 0 Å². The Hall–Kier alpha value is -2.78. The second kappa shape index (κ2) is 12.7. The van der Waals surface area contributed by atoms with Gasteiger partial charge < -0.3 is 44.8 Å². The first-order chi connectivity index (χ1) is 23.3. The molecule has 0 radical (unpaired) electrons. The van der Waals surface area contributed by atoms with E-state index in [0.717, 1.165) is 6.08 Å². The molecule has 13 atom stereocenters. The highest BCUT2D eigenvalue weighted by Crippen LogP contribution is 2.73. The molecule has 0 bridgehead atoms. The van der Waals surface area contributed by atoms with Gasteiger partial charge >= 0.3 is 5.97 Å². The van der Waals surface area contributed by atoms with Crippen LogP contribution in [0.1, 0.15) is 81.6 Å². The number of carbonyl (C=O) groups is 4. The molecule has 0 aromatic heterocycles. The summed E-state index contributed by atoms with van der Waals surface area (Å²) in [6, 6.07) is 0. The summed E-state index contributed by atoms with van der Waals surface area (Å²) in [6.07, 6.45) is -2.57. The number of ketones is 3. The molecule has 13 nitrogen and oxygen atoms in total. The fraction of sp³-hybridized carbons (Fsp3) is 0.737. The standard InChI is InChI=1S/C38H54O13/c1-18(40)51-33(2,3)13-12-25(42)38(9,48)30-21(41)15-35(6)24-11-10-19-20(37(24,8)26(43)16-36(30,35)7)14-22(31(47)34(19,4)5)49-32-29(46)28(45)27(44)23(17-39)50-32/h10,12-14,20-21,23-24,27-30,32,39,41,44-46,48H,11,15-17H2,1-9H3/b13-12+/t20?,21-,23?,24?,27-,28?,29+,30?,32-,35+,36-,37+,38+/m1/s1. The van der Waals surface area contributed by atoms with E-state index in [1.807, 2.05) is 26.8 Å². The van der Waals surface area contributed by atoms with Crippen LogP contribution >= 0.6 is 0 Å². The Morgan fingerprint density at radius 1 is 1.00 bits per heavy atom. The second-order valence-electron chi connectivity index (χ2n) is 17.2. The van der Waals surface area contributed by atoms with E-state index in [0.29, 0.717) is 12.0 Å². The van der Waals surface area contributed by atoms with Crippen LogP contribution in [0.3, 0.4) is 0 Å². The summed E-state index contributed by atoms with van der Waals surface area (Å²) in [7, 11) is 0. The Balaban J connectivity index is 1.52. The summed E-state index contributed by atoms with van der Waals surface area (Å²) < 4.78 is 16.7. The van der Waals surface area contributed by atoms with Crippen molar-refractivity contribution in [1.29, 1.82) is 0 Å². The lowest BCUT2D eigenvalue weighted by atomic mass is 9.39. The Kier molecular flexibility index (Phi) is 9.80. The maximum absolute atomic E-state index is 14.8. The highest BCUT2D eigenvalue weighted by molar-refractivity contribution is 6.02. The summed E-state index contributed by atoms with van der Waals surface area (Å²) in [5.41, 5.74) is -6.62. The average Bonchev–Trinajstić information content (AvgIpc) is 3.22. The molecular formula is C38H54O13. The number of aliphatic hydroxyl groups excluding tert-OH is 5. The highest BCUT2D eigenvalue weighted by atomic mass is 16.7. The van der Waals surface area contributed by atoms with Crippen molar-refractivity contribution in [3.63, 3.8) is 0 Å². The van der Waals surface area contributed by atoms with Crippen LogP contribution in [-0.4, -0.2) is 109 Å². The van der Waals surface area contributed by atoms with E-state index in [1.54, 1.807) is 33.8 Å². The molecule has 6 N–H and O–H groups in total. The molecule has 5 rings (SSSR count). The van der Waals surface area contributed by atoms with Crippen molar-refractivity contribution in [2.45, 2.75) is 130 Å². The van der Waals surface area contributed by atoms with E-state index in [-0.39, 0.29) is 24.4 Å². The van der Waals surface area contributed by atoms with E-state index in [1.165, 1.54) is 19.9 Å². The van der Waals surface area contributed by atoms with E-state index in [4.69, 9.17) is 14.2 Å². The Labute approximate surface area is 298 Å². The molecule has 1 saturated heterocycles. The minimum atomic E-state index is -2.09. The van der Waals surface area contributed by atoms with E-state index in [9.17, 15) is 49.8 Å². The fourth-order valence-corrected chi connectivity index (χ4v) is 10.3. The third-order valence-electron chi connectivity index (χ3n) is 13.3. The van der Waals surface area contributed by atoms with Crippen LogP contribution in [0.4, 0.5) is 0 Å². The molecule has 51 heavy (non-hydrogen) atoms. The van der Waals surface area contributed by atoms with Crippen molar-refractivity contribution < 1.29 is 64.0 Å². The van der Waals surface area contributed by atoms with Gasteiger partial charge in [0.1, 0.15) is 41.4 Å². The van der Waals surface area contributed by atoms with Gasteiger partial charge in [0.2, 0.25) is 12.1 Å². The number of allylic oxidation sites excluding steroid dienone is 4. The number of fused-ring (bicyclic) bond motifs is 5. The van der Waals surface area contributed by atoms with Crippen molar-refractivity contribution in [1.82, 2.24) is 0 Å². The summed E-state index contributed by atoms with van der Waals surface area (Å²) in [5.74, 6) is -4.17. The number of esters is 1. The first kappa shape index (κ1) is 39.4. The smallest absolute Gasteiger partial charge is 0.303 e. The van der Waals surface area contributed by atoms with E-state index in [2.05, 4.69) is 0 Å². The maximum Gasteiger partial charge on any atom is 0.303 e. The quantitative estimate of drug-likeness (QED) is 0.119. The van der Waals surface area contributed by atoms with Crippen LogP contribution in [0, 0.1) is 39.4 Å². The van der Waals surface area contributed by atoms with Gasteiger partial charge in [0.25, 0.3) is 0 Å². The Morgan fingerprint density at radius 2 is 1.63 bits per heavy atom. The largest absolute Gasteiger partial charge is 0.459 e. The number of Topliss-reactive ketones (excluding diaryl/α,β-unsaturated/α-hetero) is 2. The molecule has 4 aliphatic carbocycles. The van der Waals surface area contributed by atoms with Gasteiger partial charge in [0, 0.05) is 30.6 Å². The zero-order valence-corrected chi connectivity index (χ0v) is 30.9. The maximum atomic E-state index is 14.8. The summed E-state index contributed by atoms with van der Waals surface area (Å²) in [5, 5.41) is 64.6. The lowest BCUT2D eigenvalue weighted by molar-refractivity contribution is -0.291. The lowest BCUT2D eigenvalue weighted by Gasteiger charge is -2.63. The zero-order valence-electron chi connectivity index (χ0n) is 30.9. The van der Waals surface area contributed by atoms with Gasteiger partial charge in [0.05, 0.1) is 18.1 Å². The Morgan fingerprint density at radius 3 is 2.22 bits per heavy atom. The molecule has 0 aromatic rings. The number of hydrogen-bond donors (Lipinski definition) is 6. The summed E-state index contributed by atoms with van der Waals surface area (Å²) in [6.45, 7) is 14.2. The van der Waals surface area contributed by atoms with Crippen molar-refractivity contribution in [2.24, 2.45) is 39.4 Å².